The highest BCUT2D eigenvalue weighted by atomic mass is 35.5. The van der Waals surface area contributed by atoms with Crippen molar-refractivity contribution in [2.75, 3.05) is 6.61 Å². The van der Waals surface area contributed by atoms with Gasteiger partial charge in [0.1, 0.15) is 0 Å². The molecule has 2 nitrogen and oxygen atoms in total. The van der Waals surface area contributed by atoms with Crippen LogP contribution in [-0.2, 0) is 4.74 Å². The summed E-state index contributed by atoms with van der Waals surface area (Å²) in [5.74, 6) is 0. The van der Waals surface area contributed by atoms with Crippen molar-refractivity contribution < 1.29 is 4.74 Å². The molecule has 1 saturated heterocycles. The van der Waals surface area contributed by atoms with Crippen LogP contribution in [0.25, 0.3) is 0 Å². The second kappa shape index (κ2) is 4.09. The Labute approximate surface area is 62.2 Å². The molecule has 0 amide bonds. The molecule has 1 fully saturated rings. The van der Waals surface area contributed by atoms with Crippen LogP contribution in [0, 0.1) is 0 Å². The maximum atomic E-state index is 5.57. The lowest BCUT2D eigenvalue weighted by atomic mass is 10.1. The first-order valence-corrected chi connectivity index (χ1v) is 3.18. The molecule has 2 N–H and O–H groups in total. The molecule has 0 radical (unpaired) electrons. The van der Waals surface area contributed by atoms with Crippen LogP contribution < -0.4 is 5.73 Å². The minimum atomic E-state index is 0. The predicted molar refractivity (Wildman–Crippen MR) is 39.9 cm³/mol. The Morgan fingerprint density at radius 1 is 1.67 bits per heavy atom. The Morgan fingerprint density at radius 3 is 2.56 bits per heavy atom. The highest BCUT2D eigenvalue weighted by molar-refractivity contribution is 5.85. The van der Waals surface area contributed by atoms with Crippen molar-refractivity contribution in [3.05, 3.63) is 0 Å². The van der Waals surface area contributed by atoms with Gasteiger partial charge in [-0.15, -0.1) is 12.4 Å². The maximum absolute atomic E-state index is 5.57. The zero-order valence-electron chi connectivity index (χ0n) is 5.67. The number of halogens is 1. The van der Waals surface area contributed by atoms with E-state index < -0.39 is 0 Å². The molecule has 0 bridgehead atoms. The van der Waals surface area contributed by atoms with Crippen LogP contribution >= 0.6 is 12.4 Å². The van der Waals surface area contributed by atoms with Crippen LogP contribution in [0.5, 0.6) is 0 Å². The number of hydrogen-bond donors (Lipinski definition) is 1. The molecular weight excluding hydrogens is 138 g/mol. The third-order valence-corrected chi connectivity index (χ3v) is 1.55. The molecule has 1 rings (SSSR count). The molecule has 1 aliphatic rings. The van der Waals surface area contributed by atoms with Crippen molar-refractivity contribution in [2.24, 2.45) is 5.73 Å². The van der Waals surface area contributed by atoms with Crippen molar-refractivity contribution >= 4 is 12.4 Å². The van der Waals surface area contributed by atoms with E-state index in [4.69, 9.17) is 10.5 Å². The fourth-order valence-electron chi connectivity index (χ4n) is 1.02. The Hall–Kier alpha value is 0.210. The van der Waals surface area contributed by atoms with Gasteiger partial charge in [0.2, 0.25) is 0 Å². The molecule has 0 spiro atoms. The monoisotopic (exact) mass is 151 g/mol. The summed E-state index contributed by atoms with van der Waals surface area (Å²) in [5.41, 5.74) is 5.57. The van der Waals surface area contributed by atoms with Gasteiger partial charge in [-0.25, -0.2) is 0 Å². The van der Waals surface area contributed by atoms with Crippen LogP contribution in [0.15, 0.2) is 0 Å². The lowest BCUT2D eigenvalue weighted by molar-refractivity contribution is 0.0947. The van der Waals surface area contributed by atoms with E-state index >= 15 is 0 Å². The summed E-state index contributed by atoms with van der Waals surface area (Å²) in [4.78, 5) is 0. The average Bonchev–Trinajstić information content (AvgIpc) is 2.12. The maximum Gasteiger partial charge on any atom is 0.0724 e. The van der Waals surface area contributed by atoms with Gasteiger partial charge in [0.15, 0.2) is 0 Å². The third-order valence-electron chi connectivity index (χ3n) is 1.55. The van der Waals surface area contributed by atoms with Gasteiger partial charge in [0.25, 0.3) is 0 Å². The SMILES string of the molecule is CC(N)C1CCCO1.Cl. The second-order valence-corrected chi connectivity index (χ2v) is 2.41. The smallest absolute Gasteiger partial charge is 0.0724 e. The van der Waals surface area contributed by atoms with Gasteiger partial charge >= 0.3 is 0 Å². The molecule has 2 unspecified atom stereocenters. The van der Waals surface area contributed by atoms with Crippen molar-refractivity contribution in [1.29, 1.82) is 0 Å². The summed E-state index contributed by atoms with van der Waals surface area (Å²) in [6, 6.07) is 0.220. The Kier molecular flexibility index (Phi) is 4.19. The first-order valence-electron chi connectivity index (χ1n) is 3.18. The van der Waals surface area contributed by atoms with Crippen LogP contribution in [0.1, 0.15) is 19.8 Å². The summed E-state index contributed by atoms with van der Waals surface area (Å²) in [6.07, 6.45) is 2.68. The first-order chi connectivity index (χ1) is 3.80. The summed E-state index contributed by atoms with van der Waals surface area (Å²) in [5, 5.41) is 0. The molecule has 1 heterocycles. The molecule has 0 aromatic rings. The Bertz CT molecular complexity index is 71.5. The number of hydrogen-bond acceptors (Lipinski definition) is 2. The largest absolute Gasteiger partial charge is 0.377 e. The molecule has 0 aliphatic carbocycles. The van der Waals surface area contributed by atoms with Crippen LogP contribution in [0.2, 0.25) is 0 Å². The summed E-state index contributed by atoms with van der Waals surface area (Å²) in [7, 11) is 0. The molecule has 3 heteroatoms. The van der Waals surface area contributed by atoms with E-state index in [9.17, 15) is 0 Å². The molecule has 1 aliphatic heterocycles. The molecule has 56 valence electrons. The highest BCUT2D eigenvalue weighted by Crippen LogP contribution is 2.13. The zero-order valence-corrected chi connectivity index (χ0v) is 6.49. The average molecular weight is 152 g/mol. The Balaban J connectivity index is 0.000000640. The van der Waals surface area contributed by atoms with E-state index in [0.717, 1.165) is 13.0 Å². The Morgan fingerprint density at radius 2 is 2.33 bits per heavy atom. The quantitative estimate of drug-likeness (QED) is 0.606. The molecule has 0 saturated carbocycles. The number of ether oxygens (including phenoxy) is 1. The molecular formula is C6H14ClNO. The first kappa shape index (κ1) is 9.21. The van der Waals surface area contributed by atoms with E-state index in [1.54, 1.807) is 0 Å². The summed E-state index contributed by atoms with van der Waals surface area (Å²) < 4.78 is 5.29. The minimum absolute atomic E-state index is 0. The van der Waals surface area contributed by atoms with Crippen molar-refractivity contribution in [3.63, 3.8) is 0 Å². The lowest BCUT2D eigenvalue weighted by Crippen LogP contribution is -2.30. The van der Waals surface area contributed by atoms with E-state index in [-0.39, 0.29) is 18.4 Å². The van der Waals surface area contributed by atoms with Crippen LogP contribution in [0.4, 0.5) is 0 Å². The fraction of sp³-hybridized carbons (Fsp3) is 1.00. The van der Waals surface area contributed by atoms with E-state index in [2.05, 4.69) is 0 Å². The van der Waals surface area contributed by atoms with E-state index in [1.165, 1.54) is 6.42 Å². The van der Waals surface area contributed by atoms with Gasteiger partial charge in [-0.05, 0) is 19.8 Å². The van der Waals surface area contributed by atoms with Crippen molar-refractivity contribution in [1.82, 2.24) is 0 Å². The third kappa shape index (κ3) is 2.52. The van der Waals surface area contributed by atoms with Crippen LogP contribution in [0.3, 0.4) is 0 Å². The van der Waals surface area contributed by atoms with Crippen LogP contribution in [-0.4, -0.2) is 18.8 Å². The fourth-order valence-corrected chi connectivity index (χ4v) is 1.02. The van der Waals surface area contributed by atoms with Gasteiger partial charge in [-0.2, -0.15) is 0 Å². The lowest BCUT2D eigenvalue weighted by Gasteiger charge is -2.11. The summed E-state index contributed by atoms with van der Waals surface area (Å²) in [6.45, 7) is 2.90. The second-order valence-electron chi connectivity index (χ2n) is 2.41. The van der Waals surface area contributed by atoms with Crippen molar-refractivity contribution in [2.45, 2.75) is 31.9 Å². The molecule has 2 atom stereocenters. The molecule has 0 aromatic heterocycles. The summed E-state index contributed by atoms with van der Waals surface area (Å²) >= 11 is 0. The molecule has 9 heavy (non-hydrogen) atoms. The predicted octanol–water partition coefficient (Wildman–Crippen LogP) is 0.934. The minimum Gasteiger partial charge on any atom is -0.377 e. The van der Waals surface area contributed by atoms with Gasteiger partial charge in [-0.1, -0.05) is 0 Å². The van der Waals surface area contributed by atoms with Gasteiger partial charge in [-0.3, -0.25) is 0 Å². The number of nitrogens with two attached hydrogens (primary N) is 1. The topological polar surface area (TPSA) is 35.2 Å². The van der Waals surface area contributed by atoms with Crippen molar-refractivity contribution in [3.8, 4) is 0 Å². The van der Waals surface area contributed by atoms with E-state index in [1.807, 2.05) is 6.92 Å². The van der Waals surface area contributed by atoms with Gasteiger partial charge < -0.3 is 10.5 Å². The van der Waals surface area contributed by atoms with Gasteiger partial charge in [0.05, 0.1) is 6.10 Å². The zero-order chi connectivity index (χ0) is 5.98. The highest BCUT2D eigenvalue weighted by Gasteiger charge is 2.18. The normalized spacial score (nSPS) is 29.3. The van der Waals surface area contributed by atoms with E-state index in [0.29, 0.717) is 6.10 Å². The number of rotatable bonds is 1. The standard InChI is InChI=1S/C6H13NO.ClH/c1-5(7)6-3-2-4-8-6;/h5-6H,2-4,7H2,1H3;1H. The van der Waals surface area contributed by atoms with Gasteiger partial charge in [0, 0.05) is 12.6 Å². The molecule has 0 aromatic carbocycles.